The Bertz CT molecular complexity index is 982. The van der Waals surface area contributed by atoms with Gasteiger partial charge in [0.1, 0.15) is 5.70 Å². The van der Waals surface area contributed by atoms with E-state index in [1.54, 1.807) is 32.1 Å². The molecule has 33 heavy (non-hydrogen) atoms. The molecule has 1 aromatic heterocycles. The molecule has 0 aromatic carbocycles. The summed E-state index contributed by atoms with van der Waals surface area (Å²) in [6.07, 6.45) is 1.48. The maximum Gasteiger partial charge on any atom is 0.353 e. The smallest absolute Gasteiger partial charge is 0.353 e. The van der Waals surface area contributed by atoms with Crippen molar-refractivity contribution in [2.45, 2.75) is 50.3 Å². The first kappa shape index (κ1) is 23.7. The van der Waals surface area contributed by atoms with Crippen molar-refractivity contribution >= 4 is 29.5 Å². The number of carbonyl (C=O) groups is 3. The van der Waals surface area contributed by atoms with Crippen LogP contribution in [0, 0.1) is 11.8 Å². The Morgan fingerprint density at radius 1 is 1.33 bits per heavy atom. The van der Waals surface area contributed by atoms with E-state index in [-0.39, 0.29) is 40.8 Å². The monoisotopic (exact) mass is 474 g/mol. The second-order valence-electron chi connectivity index (χ2n) is 9.25. The number of aromatic nitrogens is 1. The van der Waals surface area contributed by atoms with Crippen LogP contribution in [-0.4, -0.2) is 91.8 Å². The number of carbonyl (C=O) groups excluding carboxylic acids is 2. The molecule has 0 unspecified atom stereocenters. The number of nitrogens with zero attached hydrogens (tertiary/aromatic N) is 4. The first-order valence-electron chi connectivity index (χ1n) is 11.1. The van der Waals surface area contributed by atoms with E-state index in [0.29, 0.717) is 24.4 Å². The van der Waals surface area contributed by atoms with Crippen LogP contribution in [0.25, 0.3) is 0 Å². The summed E-state index contributed by atoms with van der Waals surface area (Å²) in [6.45, 7) is 4.62. The molecule has 0 bridgehead atoms. The van der Waals surface area contributed by atoms with Crippen molar-refractivity contribution in [1.82, 2.24) is 19.7 Å². The highest BCUT2D eigenvalue weighted by molar-refractivity contribution is 8.03. The molecule has 0 aliphatic carbocycles. The average Bonchev–Trinajstić information content (AvgIpc) is 3.25. The summed E-state index contributed by atoms with van der Waals surface area (Å²) in [5, 5.41) is 19.9. The quantitative estimate of drug-likeness (QED) is 0.563. The minimum atomic E-state index is -1.13. The van der Waals surface area contributed by atoms with Gasteiger partial charge in [0.25, 0.3) is 0 Å². The van der Waals surface area contributed by atoms with Gasteiger partial charge in [-0.1, -0.05) is 13.0 Å². The fraction of sp³-hybridized carbons (Fsp3) is 0.565. The number of aliphatic hydroxyl groups is 1. The maximum atomic E-state index is 12.9. The highest BCUT2D eigenvalue weighted by Crippen LogP contribution is 2.52. The zero-order valence-electron chi connectivity index (χ0n) is 19.2. The standard InChI is InChI=1S/C23H30N4O5S/c1-12-18-17(13(2)28)22(30)27(18)19(23(31)32)20(12)33-15-9-16(21(29)25(3)4)26(11-15)10-14-7-5-6-8-24-14/h5-8,12-13,15-18,28H,9-11H2,1-4H3,(H,31,32)/t12-,13-,15+,16+,17-,18-/m1/s1. The number of hydrogen-bond acceptors (Lipinski definition) is 7. The molecule has 3 aliphatic rings. The lowest BCUT2D eigenvalue weighted by Gasteiger charge is -2.46. The van der Waals surface area contributed by atoms with Gasteiger partial charge < -0.3 is 20.0 Å². The Labute approximate surface area is 197 Å². The summed E-state index contributed by atoms with van der Waals surface area (Å²) in [5.74, 6) is -2.23. The van der Waals surface area contributed by atoms with E-state index >= 15 is 0 Å². The largest absolute Gasteiger partial charge is 0.477 e. The molecular weight excluding hydrogens is 444 g/mol. The van der Waals surface area contributed by atoms with Crippen LogP contribution in [0.4, 0.5) is 0 Å². The number of aliphatic carboxylic acids is 1. The zero-order valence-corrected chi connectivity index (χ0v) is 20.0. The van der Waals surface area contributed by atoms with Crippen molar-refractivity contribution in [2.75, 3.05) is 20.6 Å². The second kappa shape index (κ2) is 9.08. The molecule has 9 nitrogen and oxygen atoms in total. The van der Waals surface area contributed by atoms with Crippen LogP contribution in [0.5, 0.6) is 0 Å². The molecule has 2 N–H and O–H groups in total. The number of carboxylic acids is 1. The van der Waals surface area contributed by atoms with Gasteiger partial charge in [-0.05, 0) is 25.5 Å². The molecule has 2 fully saturated rings. The van der Waals surface area contributed by atoms with Crippen molar-refractivity contribution < 1.29 is 24.6 Å². The van der Waals surface area contributed by atoms with Gasteiger partial charge in [0.15, 0.2) is 0 Å². The van der Waals surface area contributed by atoms with Crippen molar-refractivity contribution in [1.29, 1.82) is 0 Å². The number of carboxylic acid groups (broad SMARTS) is 1. The van der Waals surface area contributed by atoms with Crippen LogP contribution in [0.15, 0.2) is 35.0 Å². The van der Waals surface area contributed by atoms with Crippen LogP contribution < -0.4 is 0 Å². The molecule has 0 radical (unpaired) electrons. The number of aliphatic hydroxyl groups excluding tert-OH is 1. The first-order valence-corrected chi connectivity index (χ1v) is 12.0. The van der Waals surface area contributed by atoms with Crippen LogP contribution in [-0.2, 0) is 20.9 Å². The van der Waals surface area contributed by atoms with Gasteiger partial charge in [0.2, 0.25) is 11.8 Å². The zero-order chi connectivity index (χ0) is 24.0. The van der Waals surface area contributed by atoms with E-state index in [2.05, 4.69) is 9.88 Å². The Kier molecular flexibility index (Phi) is 6.52. The van der Waals surface area contributed by atoms with Crippen molar-refractivity contribution in [3.05, 3.63) is 40.7 Å². The summed E-state index contributed by atoms with van der Waals surface area (Å²) in [5.41, 5.74) is 0.895. The van der Waals surface area contributed by atoms with E-state index in [1.807, 2.05) is 25.1 Å². The van der Waals surface area contributed by atoms with Crippen molar-refractivity contribution in [3.8, 4) is 0 Å². The Hall–Kier alpha value is -2.43. The van der Waals surface area contributed by atoms with E-state index in [0.717, 1.165) is 5.69 Å². The number of hydrogen-bond donors (Lipinski definition) is 2. The number of thioether (sulfide) groups is 1. The minimum absolute atomic E-state index is 0.00628. The van der Waals surface area contributed by atoms with Gasteiger partial charge in [0.05, 0.1) is 29.8 Å². The number of pyridine rings is 1. The van der Waals surface area contributed by atoms with E-state index in [1.165, 1.54) is 16.7 Å². The SMILES string of the molecule is C[C@@H](O)[C@H]1C(=O)N2C(C(=O)O)=C(S[C@H]3C[C@@H](C(=O)N(C)C)N(Cc4ccccn4)C3)[C@H](C)[C@H]12. The molecule has 178 valence electrons. The summed E-state index contributed by atoms with van der Waals surface area (Å²) in [7, 11) is 3.47. The van der Waals surface area contributed by atoms with Gasteiger partial charge >= 0.3 is 5.97 Å². The predicted octanol–water partition coefficient (Wildman–Crippen LogP) is 1.000. The Balaban J connectivity index is 1.57. The lowest BCUT2D eigenvalue weighted by molar-refractivity contribution is -0.163. The number of likely N-dealkylation sites (tertiary alicyclic amines) is 1. The van der Waals surface area contributed by atoms with Crippen LogP contribution in [0.2, 0.25) is 0 Å². The summed E-state index contributed by atoms with van der Waals surface area (Å²) in [4.78, 5) is 47.7. The van der Waals surface area contributed by atoms with E-state index in [9.17, 15) is 24.6 Å². The highest BCUT2D eigenvalue weighted by Gasteiger charge is 2.60. The predicted molar refractivity (Wildman–Crippen MR) is 123 cm³/mol. The molecular formula is C23H30N4O5S. The molecule has 10 heteroatoms. The second-order valence-corrected chi connectivity index (χ2v) is 10.6. The average molecular weight is 475 g/mol. The normalized spacial score (nSPS) is 30.3. The van der Waals surface area contributed by atoms with Gasteiger partial charge in [-0.25, -0.2) is 4.79 Å². The number of likely N-dealkylation sites (N-methyl/N-ethyl adjacent to an activating group) is 1. The fourth-order valence-corrected chi connectivity index (χ4v) is 6.79. The Morgan fingerprint density at radius 2 is 2.06 bits per heavy atom. The molecule has 4 rings (SSSR count). The van der Waals surface area contributed by atoms with E-state index < -0.39 is 18.0 Å². The number of β-lactam (4-membered cyclic amide) rings is 1. The highest BCUT2D eigenvalue weighted by atomic mass is 32.2. The summed E-state index contributed by atoms with van der Waals surface area (Å²) >= 11 is 1.46. The van der Waals surface area contributed by atoms with Crippen molar-refractivity contribution in [2.24, 2.45) is 11.8 Å². The third kappa shape index (κ3) is 4.15. The summed E-state index contributed by atoms with van der Waals surface area (Å²) in [6, 6.07) is 5.03. The first-order chi connectivity index (χ1) is 15.6. The van der Waals surface area contributed by atoms with Gasteiger partial charge in [-0.15, -0.1) is 11.8 Å². The molecule has 6 atom stereocenters. The van der Waals surface area contributed by atoms with Gasteiger partial charge in [-0.2, -0.15) is 0 Å². The van der Waals surface area contributed by atoms with Gasteiger partial charge in [-0.3, -0.25) is 19.5 Å². The summed E-state index contributed by atoms with van der Waals surface area (Å²) < 4.78 is 0. The van der Waals surface area contributed by atoms with Crippen LogP contribution in [0.3, 0.4) is 0 Å². The molecule has 0 saturated carbocycles. The van der Waals surface area contributed by atoms with Crippen LogP contribution in [0.1, 0.15) is 26.0 Å². The molecule has 0 spiro atoms. The Morgan fingerprint density at radius 3 is 2.64 bits per heavy atom. The topological polar surface area (TPSA) is 114 Å². The lowest BCUT2D eigenvalue weighted by Crippen LogP contribution is -2.63. The molecule has 1 aromatic rings. The molecule has 4 heterocycles. The van der Waals surface area contributed by atoms with E-state index in [4.69, 9.17) is 0 Å². The number of rotatable bonds is 7. The lowest BCUT2D eigenvalue weighted by atomic mass is 9.79. The maximum absolute atomic E-state index is 12.9. The van der Waals surface area contributed by atoms with Crippen molar-refractivity contribution in [3.63, 3.8) is 0 Å². The van der Waals surface area contributed by atoms with Crippen LogP contribution >= 0.6 is 11.8 Å². The number of amides is 2. The van der Waals surface area contributed by atoms with Gasteiger partial charge in [0, 0.05) is 49.5 Å². The number of fused-ring (bicyclic) bond motifs is 1. The third-order valence-corrected chi connectivity index (χ3v) is 8.28. The third-order valence-electron chi connectivity index (χ3n) is 6.79. The molecule has 2 amide bonds. The molecule has 2 saturated heterocycles. The molecule has 3 aliphatic heterocycles. The minimum Gasteiger partial charge on any atom is -0.477 e. The fourth-order valence-electron chi connectivity index (χ4n) is 5.23.